The number of H-pyrrole nitrogens is 1. The van der Waals surface area contributed by atoms with Crippen LogP contribution in [-0.4, -0.2) is 10.2 Å². The Morgan fingerprint density at radius 2 is 1.19 bits per heavy atom. The van der Waals surface area contributed by atoms with Crippen LogP contribution in [0.15, 0.2) is 0 Å². The number of aromatic nitrogens is 3. The fourth-order valence-corrected chi connectivity index (χ4v) is 3.75. The first-order valence-electron chi connectivity index (χ1n) is 10.4. The monoisotopic (exact) mass is 425 g/mol. The van der Waals surface area contributed by atoms with E-state index in [-0.39, 0.29) is 12.4 Å². The second-order valence-corrected chi connectivity index (χ2v) is 7.64. The largest absolute Gasteiger partial charge is 1.00 e. The zero-order chi connectivity index (χ0) is 18.2. The molecule has 0 bridgehead atoms. The van der Waals surface area contributed by atoms with Crippen LogP contribution in [-0.2, 0) is 18.3 Å². The van der Waals surface area contributed by atoms with E-state index in [9.17, 15) is 0 Å². The second-order valence-electron chi connectivity index (χ2n) is 7.10. The molecule has 0 saturated heterocycles. The third-order valence-corrected chi connectivity index (χ3v) is 5.42. The van der Waals surface area contributed by atoms with E-state index in [2.05, 4.69) is 21.7 Å². The molecule has 0 aliphatic carbocycles. The van der Waals surface area contributed by atoms with Gasteiger partial charge in [-0.1, -0.05) is 90.4 Å². The number of hydrogen-bond acceptors (Lipinski definition) is 1. The standard InChI is InChI=1S/C20H37Cl2N3.ClH/c1-2-3-4-5-6-7-8-9-10-11-12-13-14-15-16-25-19(17-21)23-24-20(25)18-22;/h2-18H2,1H3;1H. The molecule has 0 atom stereocenters. The molecule has 0 aromatic carbocycles. The number of rotatable bonds is 17. The van der Waals surface area contributed by atoms with Crippen molar-refractivity contribution >= 4 is 23.2 Å². The van der Waals surface area contributed by atoms with Gasteiger partial charge in [-0.05, 0) is 6.42 Å². The molecule has 0 spiro atoms. The summed E-state index contributed by atoms with van der Waals surface area (Å²) in [5.41, 5.74) is 0. The Hall–Kier alpha value is 0.01000. The van der Waals surface area contributed by atoms with Gasteiger partial charge in [0.2, 0.25) is 5.82 Å². The Morgan fingerprint density at radius 3 is 1.62 bits per heavy atom. The highest BCUT2D eigenvalue weighted by molar-refractivity contribution is 6.17. The molecule has 0 amide bonds. The third kappa shape index (κ3) is 11.7. The molecule has 1 aromatic rings. The van der Waals surface area contributed by atoms with Crippen molar-refractivity contribution in [2.24, 2.45) is 0 Å². The average molecular weight is 427 g/mol. The van der Waals surface area contributed by atoms with Crippen LogP contribution in [0, 0.1) is 0 Å². The summed E-state index contributed by atoms with van der Waals surface area (Å²) in [7, 11) is 0. The molecule has 3 nitrogen and oxygen atoms in total. The van der Waals surface area contributed by atoms with E-state index in [1.54, 1.807) is 0 Å². The molecule has 0 aliphatic rings. The van der Waals surface area contributed by atoms with Gasteiger partial charge in [-0.2, -0.15) is 0 Å². The maximum atomic E-state index is 5.93. The molecule has 0 fully saturated rings. The maximum Gasteiger partial charge on any atom is 0.292 e. The maximum absolute atomic E-state index is 5.93. The quantitative estimate of drug-likeness (QED) is 0.230. The minimum absolute atomic E-state index is 0. The minimum atomic E-state index is 0. The van der Waals surface area contributed by atoms with Crippen molar-refractivity contribution in [3.05, 3.63) is 11.6 Å². The summed E-state index contributed by atoms with van der Waals surface area (Å²) in [6.07, 6.45) is 19.4. The molecular weight excluding hydrogens is 389 g/mol. The lowest BCUT2D eigenvalue weighted by molar-refractivity contribution is -0.710. The zero-order valence-electron chi connectivity index (χ0n) is 16.5. The Bertz CT molecular complexity index is 403. The summed E-state index contributed by atoms with van der Waals surface area (Å²) < 4.78 is 2.14. The fourth-order valence-electron chi connectivity index (χ4n) is 3.34. The highest BCUT2D eigenvalue weighted by Crippen LogP contribution is 2.13. The van der Waals surface area contributed by atoms with Crippen LogP contribution in [0.2, 0.25) is 0 Å². The van der Waals surface area contributed by atoms with Gasteiger partial charge in [0.15, 0.2) is 0 Å². The first-order chi connectivity index (χ1) is 12.3. The lowest BCUT2D eigenvalue weighted by Crippen LogP contribution is -3.00. The Balaban J connectivity index is 0.00000625. The molecule has 154 valence electrons. The Kier molecular flexibility index (Phi) is 18.4. The molecule has 1 aromatic heterocycles. The van der Waals surface area contributed by atoms with Gasteiger partial charge in [0.05, 0.1) is 6.54 Å². The molecule has 0 unspecified atom stereocenters. The summed E-state index contributed by atoms with van der Waals surface area (Å²) in [6.45, 7) is 3.25. The topological polar surface area (TPSA) is 32.6 Å². The number of hydrogen-bond donors (Lipinski definition) is 1. The highest BCUT2D eigenvalue weighted by Gasteiger charge is 2.17. The van der Waals surface area contributed by atoms with Gasteiger partial charge in [-0.3, -0.25) is 0 Å². The van der Waals surface area contributed by atoms with Crippen molar-refractivity contribution < 1.29 is 17.0 Å². The van der Waals surface area contributed by atoms with Crippen LogP contribution < -0.4 is 17.0 Å². The van der Waals surface area contributed by atoms with Crippen molar-refractivity contribution in [1.82, 2.24) is 10.2 Å². The molecule has 1 N–H and O–H groups in total. The van der Waals surface area contributed by atoms with Crippen molar-refractivity contribution in [3.63, 3.8) is 0 Å². The van der Waals surface area contributed by atoms with Crippen molar-refractivity contribution in [1.29, 1.82) is 0 Å². The second kappa shape index (κ2) is 18.4. The molecule has 1 heterocycles. The Morgan fingerprint density at radius 1 is 0.731 bits per heavy atom. The number of aromatic amines is 1. The summed E-state index contributed by atoms with van der Waals surface area (Å²) in [4.78, 5) is 0. The highest BCUT2D eigenvalue weighted by atomic mass is 35.5. The Labute approximate surface area is 177 Å². The van der Waals surface area contributed by atoms with E-state index >= 15 is 0 Å². The van der Waals surface area contributed by atoms with Crippen LogP contribution in [0.25, 0.3) is 0 Å². The summed E-state index contributed by atoms with van der Waals surface area (Å²) in [6, 6.07) is 0. The van der Waals surface area contributed by atoms with E-state index in [1.807, 2.05) is 0 Å². The predicted molar refractivity (Wildman–Crippen MR) is 108 cm³/mol. The van der Waals surface area contributed by atoms with Crippen LogP contribution in [0.1, 0.15) is 108 Å². The molecular formula is C20H38Cl3N3. The van der Waals surface area contributed by atoms with Crippen LogP contribution in [0.3, 0.4) is 0 Å². The normalized spacial score (nSPS) is 10.9. The van der Waals surface area contributed by atoms with Gasteiger partial charge >= 0.3 is 0 Å². The molecule has 1 rings (SSSR count). The first-order valence-corrected chi connectivity index (χ1v) is 11.5. The molecule has 0 radical (unpaired) electrons. The van der Waals surface area contributed by atoms with Gasteiger partial charge in [-0.15, -0.1) is 28.3 Å². The van der Waals surface area contributed by atoms with Gasteiger partial charge in [0.1, 0.15) is 11.8 Å². The van der Waals surface area contributed by atoms with Crippen molar-refractivity contribution in [2.75, 3.05) is 0 Å². The number of unbranched alkanes of at least 4 members (excludes halogenated alkanes) is 13. The van der Waals surface area contributed by atoms with Gasteiger partial charge in [-0.25, -0.2) is 4.57 Å². The average Bonchev–Trinajstić information content (AvgIpc) is 3.04. The van der Waals surface area contributed by atoms with E-state index < -0.39 is 0 Å². The van der Waals surface area contributed by atoms with Crippen LogP contribution in [0.5, 0.6) is 0 Å². The SMILES string of the molecule is CCCCCCCCCCCCCCCC[n+]1c(CCl)n[nH]c1CCl.[Cl-]. The number of nitrogens with zero attached hydrogens (tertiary/aromatic N) is 2. The van der Waals surface area contributed by atoms with Crippen LogP contribution >= 0.6 is 23.2 Å². The van der Waals surface area contributed by atoms with Crippen molar-refractivity contribution in [3.8, 4) is 0 Å². The number of halogens is 3. The smallest absolute Gasteiger partial charge is 0.292 e. The summed E-state index contributed by atoms with van der Waals surface area (Å²) >= 11 is 11.9. The lowest BCUT2D eigenvalue weighted by atomic mass is 10.0. The lowest BCUT2D eigenvalue weighted by Gasteiger charge is -2.04. The van der Waals surface area contributed by atoms with Gasteiger partial charge in [0.25, 0.3) is 5.82 Å². The van der Waals surface area contributed by atoms with Gasteiger partial charge < -0.3 is 12.4 Å². The van der Waals surface area contributed by atoms with E-state index in [1.165, 1.54) is 89.9 Å². The van der Waals surface area contributed by atoms with Crippen molar-refractivity contribution in [2.45, 2.75) is 115 Å². The molecule has 26 heavy (non-hydrogen) atoms. The predicted octanol–water partition coefficient (Wildman–Crippen LogP) is 3.66. The number of nitrogens with one attached hydrogen (secondary N) is 1. The summed E-state index contributed by atoms with van der Waals surface area (Å²) in [5, 5.41) is 7.18. The minimum Gasteiger partial charge on any atom is -1.00 e. The third-order valence-electron chi connectivity index (χ3n) is 4.93. The van der Waals surface area contributed by atoms with Gasteiger partial charge in [0, 0.05) is 5.10 Å². The van der Waals surface area contributed by atoms with E-state index in [4.69, 9.17) is 23.2 Å². The van der Waals surface area contributed by atoms with Crippen LogP contribution in [0.4, 0.5) is 0 Å². The first kappa shape index (κ1) is 26.0. The van der Waals surface area contributed by atoms with E-state index in [0.717, 1.165) is 18.2 Å². The summed E-state index contributed by atoms with van der Waals surface area (Å²) in [5.74, 6) is 2.76. The van der Waals surface area contributed by atoms with E-state index in [0.29, 0.717) is 11.8 Å². The number of alkyl halides is 2. The molecule has 6 heteroatoms. The molecule has 0 aliphatic heterocycles. The molecule has 0 saturated carbocycles. The fraction of sp³-hybridized carbons (Fsp3) is 0.900. The zero-order valence-corrected chi connectivity index (χ0v) is 18.8.